The van der Waals surface area contributed by atoms with Crippen LogP contribution in [0.2, 0.25) is 5.02 Å². The summed E-state index contributed by atoms with van der Waals surface area (Å²) in [5.41, 5.74) is 2.42. The zero-order valence-corrected chi connectivity index (χ0v) is 14.0. The van der Waals surface area contributed by atoms with E-state index in [-0.39, 0.29) is 6.10 Å². The number of benzene rings is 1. The minimum Gasteiger partial charge on any atom is -0.393 e. The predicted molar refractivity (Wildman–Crippen MR) is 90.0 cm³/mol. The first-order valence-electron chi connectivity index (χ1n) is 7.92. The lowest BCUT2D eigenvalue weighted by molar-refractivity contribution is 0.110. The third-order valence-electron chi connectivity index (χ3n) is 4.31. The number of rotatable bonds is 5. The van der Waals surface area contributed by atoms with Crippen molar-refractivity contribution in [3.63, 3.8) is 0 Å². The lowest BCUT2D eigenvalue weighted by atomic mass is 9.91. The van der Waals surface area contributed by atoms with E-state index in [9.17, 15) is 5.11 Å². The van der Waals surface area contributed by atoms with Crippen LogP contribution in [-0.4, -0.2) is 30.3 Å². The van der Waals surface area contributed by atoms with Gasteiger partial charge in [-0.2, -0.15) is 0 Å². The van der Waals surface area contributed by atoms with Gasteiger partial charge in [-0.3, -0.25) is 0 Å². The van der Waals surface area contributed by atoms with E-state index in [4.69, 9.17) is 11.6 Å². The number of piperidine rings is 1. The Labute approximate surface area is 133 Å². The smallest absolute Gasteiger partial charge is 0.0642 e. The van der Waals surface area contributed by atoms with Crippen LogP contribution in [0.4, 0.5) is 5.69 Å². The van der Waals surface area contributed by atoms with Crippen LogP contribution >= 0.6 is 11.6 Å². The van der Waals surface area contributed by atoms with Crippen molar-refractivity contribution >= 4 is 17.3 Å². The van der Waals surface area contributed by atoms with Crippen LogP contribution in [0.25, 0.3) is 0 Å². The molecule has 1 aliphatic rings. The van der Waals surface area contributed by atoms with Gasteiger partial charge < -0.3 is 15.3 Å². The molecular formula is C17H27ClN2O. The topological polar surface area (TPSA) is 35.5 Å². The van der Waals surface area contributed by atoms with Crippen molar-refractivity contribution in [2.45, 2.75) is 52.3 Å². The number of aliphatic hydroxyl groups excluding tert-OH is 1. The van der Waals surface area contributed by atoms with Crippen LogP contribution in [-0.2, 0) is 6.54 Å². The van der Waals surface area contributed by atoms with E-state index < -0.39 is 0 Å². The van der Waals surface area contributed by atoms with Crippen LogP contribution in [0, 0.1) is 5.92 Å². The zero-order valence-electron chi connectivity index (χ0n) is 13.3. The molecule has 0 amide bonds. The van der Waals surface area contributed by atoms with Crippen molar-refractivity contribution in [2.75, 3.05) is 18.0 Å². The molecule has 1 unspecified atom stereocenters. The average molecular weight is 311 g/mol. The molecule has 0 bridgehead atoms. The lowest BCUT2D eigenvalue weighted by Crippen LogP contribution is -2.38. The van der Waals surface area contributed by atoms with E-state index >= 15 is 0 Å². The summed E-state index contributed by atoms with van der Waals surface area (Å²) in [6.07, 6.45) is 1.85. The van der Waals surface area contributed by atoms with E-state index in [1.807, 2.05) is 19.1 Å². The van der Waals surface area contributed by atoms with Crippen LogP contribution in [0.3, 0.4) is 0 Å². The van der Waals surface area contributed by atoms with Crippen molar-refractivity contribution in [2.24, 2.45) is 5.92 Å². The Hall–Kier alpha value is -0.770. The molecule has 2 N–H and O–H groups in total. The fourth-order valence-electron chi connectivity index (χ4n) is 2.98. The number of aliphatic hydroxyl groups is 1. The normalized spacial score (nSPS) is 18.3. The van der Waals surface area contributed by atoms with E-state index in [0.717, 1.165) is 43.2 Å². The van der Waals surface area contributed by atoms with Gasteiger partial charge in [0.25, 0.3) is 0 Å². The van der Waals surface area contributed by atoms with Gasteiger partial charge in [-0.15, -0.1) is 0 Å². The minimum atomic E-state index is -0.208. The van der Waals surface area contributed by atoms with Crippen molar-refractivity contribution in [1.82, 2.24) is 5.32 Å². The Morgan fingerprint density at radius 1 is 1.29 bits per heavy atom. The number of hydrogen-bond donors (Lipinski definition) is 2. The molecule has 4 heteroatoms. The highest BCUT2D eigenvalue weighted by Crippen LogP contribution is 2.33. The first-order chi connectivity index (χ1) is 9.99. The minimum absolute atomic E-state index is 0.208. The molecule has 0 saturated carbocycles. The molecule has 21 heavy (non-hydrogen) atoms. The zero-order chi connectivity index (χ0) is 15.4. The van der Waals surface area contributed by atoms with Gasteiger partial charge in [0, 0.05) is 25.7 Å². The Balaban J connectivity index is 2.12. The van der Waals surface area contributed by atoms with Gasteiger partial charge >= 0.3 is 0 Å². The molecule has 2 rings (SSSR count). The Kier molecular flexibility index (Phi) is 5.91. The van der Waals surface area contributed by atoms with Crippen LogP contribution in [0.5, 0.6) is 0 Å². The third-order valence-corrected chi connectivity index (χ3v) is 4.61. The van der Waals surface area contributed by atoms with Gasteiger partial charge in [-0.05, 0) is 37.3 Å². The van der Waals surface area contributed by atoms with Gasteiger partial charge in [-0.1, -0.05) is 37.6 Å². The van der Waals surface area contributed by atoms with Crippen molar-refractivity contribution in [3.05, 3.63) is 28.8 Å². The second-order valence-corrected chi connectivity index (χ2v) is 6.76. The molecule has 1 heterocycles. The highest BCUT2D eigenvalue weighted by Gasteiger charge is 2.25. The van der Waals surface area contributed by atoms with E-state index in [1.165, 1.54) is 5.56 Å². The van der Waals surface area contributed by atoms with Gasteiger partial charge in [0.05, 0.1) is 16.8 Å². The summed E-state index contributed by atoms with van der Waals surface area (Å²) >= 11 is 6.46. The molecule has 0 spiro atoms. The molecule has 1 atom stereocenters. The number of para-hydroxylation sites is 1. The summed E-state index contributed by atoms with van der Waals surface area (Å²) < 4.78 is 0. The maximum absolute atomic E-state index is 9.73. The molecule has 1 aliphatic heterocycles. The maximum atomic E-state index is 9.73. The maximum Gasteiger partial charge on any atom is 0.0642 e. The molecular weight excluding hydrogens is 284 g/mol. The largest absolute Gasteiger partial charge is 0.393 e. The first kappa shape index (κ1) is 16.6. The molecule has 1 fully saturated rings. The third kappa shape index (κ3) is 4.35. The Morgan fingerprint density at radius 2 is 1.95 bits per heavy atom. The summed E-state index contributed by atoms with van der Waals surface area (Å²) in [7, 11) is 0. The quantitative estimate of drug-likeness (QED) is 0.874. The van der Waals surface area contributed by atoms with Gasteiger partial charge in [0.15, 0.2) is 0 Å². The number of anilines is 1. The second kappa shape index (κ2) is 7.48. The van der Waals surface area contributed by atoms with E-state index in [1.54, 1.807) is 0 Å². The van der Waals surface area contributed by atoms with Gasteiger partial charge in [-0.25, -0.2) is 0 Å². The molecule has 0 aliphatic carbocycles. The summed E-state index contributed by atoms with van der Waals surface area (Å²) in [5, 5.41) is 14.0. The monoisotopic (exact) mass is 310 g/mol. The SMILES string of the molecule is CC(C)NCc1cccc(Cl)c1N1CCC(C(C)O)CC1. The van der Waals surface area contributed by atoms with Gasteiger partial charge in [0.2, 0.25) is 0 Å². The van der Waals surface area contributed by atoms with E-state index in [2.05, 4.69) is 30.1 Å². The Morgan fingerprint density at radius 3 is 2.52 bits per heavy atom. The first-order valence-corrected chi connectivity index (χ1v) is 8.30. The van der Waals surface area contributed by atoms with Crippen LogP contribution < -0.4 is 10.2 Å². The average Bonchev–Trinajstić information content (AvgIpc) is 2.45. The lowest BCUT2D eigenvalue weighted by Gasteiger charge is -2.36. The van der Waals surface area contributed by atoms with E-state index in [0.29, 0.717) is 12.0 Å². The molecule has 1 aromatic carbocycles. The van der Waals surface area contributed by atoms with Crippen molar-refractivity contribution in [3.8, 4) is 0 Å². The summed E-state index contributed by atoms with van der Waals surface area (Å²) in [4.78, 5) is 2.37. The summed E-state index contributed by atoms with van der Waals surface area (Å²) in [6, 6.07) is 6.59. The summed E-state index contributed by atoms with van der Waals surface area (Å²) in [6.45, 7) is 8.97. The number of nitrogens with zero attached hydrogens (tertiary/aromatic N) is 1. The van der Waals surface area contributed by atoms with Crippen LogP contribution in [0.1, 0.15) is 39.2 Å². The fraction of sp³-hybridized carbons (Fsp3) is 0.647. The molecule has 1 saturated heterocycles. The Bertz CT molecular complexity index is 454. The number of hydrogen-bond acceptors (Lipinski definition) is 3. The molecule has 3 nitrogen and oxygen atoms in total. The standard InChI is InChI=1S/C17H27ClN2O/c1-12(2)19-11-15-5-4-6-16(18)17(15)20-9-7-14(8-10-20)13(3)21/h4-6,12-14,19,21H,7-11H2,1-3H3. The molecule has 1 aromatic rings. The van der Waals surface area contributed by atoms with Crippen molar-refractivity contribution < 1.29 is 5.11 Å². The number of halogens is 1. The molecule has 118 valence electrons. The summed E-state index contributed by atoms with van der Waals surface area (Å²) in [5.74, 6) is 0.418. The van der Waals surface area contributed by atoms with Gasteiger partial charge in [0.1, 0.15) is 0 Å². The van der Waals surface area contributed by atoms with Crippen molar-refractivity contribution in [1.29, 1.82) is 0 Å². The highest BCUT2D eigenvalue weighted by molar-refractivity contribution is 6.33. The molecule has 0 aromatic heterocycles. The molecule has 0 radical (unpaired) electrons. The highest BCUT2D eigenvalue weighted by atomic mass is 35.5. The van der Waals surface area contributed by atoms with Crippen LogP contribution in [0.15, 0.2) is 18.2 Å². The fourth-order valence-corrected chi connectivity index (χ4v) is 3.29. The second-order valence-electron chi connectivity index (χ2n) is 6.35. The predicted octanol–water partition coefficient (Wildman–Crippen LogP) is 3.44. The number of nitrogens with one attached hydrogen (secondary N) is 1.